The molecule has 0 saturated heterocycles. The van der Waals surface area contributed by atoms with Crippen LogP contribution < -0.4 is 15.4 Å². The number of ether oxygens (including phenoxy) is 1. The molecule has 2 heterocycles. The van der Waals surface area contributed by atoms with E-state index in [4.69, 9.17) is 4.74 Å². The van der Waals surface area contributed by atoms with Crippen molar-refractivity contribution in [3.63, 3.8) is 0 Å². The molecule has 1 atom stereocenters. The van der Waals surface area contributed by atoms with E-state index >= 15 is 0 Å². The van der Waals surface area contributed by atoms with Gasteiger partial charge in [-0.3, -0.25) is 0 Å². The van der Waals surface area contributed by atoms with E-state index in [-0.39, 0.29) is 11.8 Å². The zero-order valence-electron chi connectivity index (χ0n) is 15.9. The Morgan fingerprint density at radius 3 is 2.62 bits per heavy atom. The van der Waals surface area contributed by atoms with Crippen molar-refractivity contribution in [3.8, 4) is 11.7 Å². The van der Waals surface area contributed by atoms with Gasteiger partial charge in [-0.1, -0.05) is 0 Å². The average Bonchev–Trinajstić information content (AvgIpc) is 3.16. The molecule has 0 aliphatic carbocycles. The summed E-state index contributed by atoms with van der Waals surface area (Å²) >= 11 is 3.25. The van der Waals surface area contributed by atoms with Crippen LogP contribution in [-0.2, 0) is 0 Å². The molecular weight excluding hydrogens is 445 g/mol. The summed E-state index contributed by atoms with van der Waals surface area (Å²) in [5.41, 5.74) is -0.0126. The number of nitrogens with zero attached hydrogens (tertiary/aromatic N) is 5. The summed E-state index contributed by atoms with van der Waals surface area (Å²) in [6, 6.07) is 3.17. The molecular formula is C18H19BrFN7O2. The van der Waals surface area contributed by atoms with Crippen LogP contribution >= 0.6 is 15.9 Å². The minimum atomic E-state index is -0.613. The van der Waals surface area contributed by atoms with E-state index in [1.807, 2.05) is 13.8 Å². The first-order valence-corrected chi connectivity index (χ1v) is 9.55. The standard InChI is InChI=1S/C18H19BrFN7O2/c1-10(2)29-15-8-14(13(20)7-12(15)19)26-18(28)25-11(3)16-23-9-24-27(16)17-21-5-4-6-22-17/h4-11H,1-3H3,(H2,25,26,28)/t11-/m0/s1. The second kappa shape index (κ2) is 8.95. The van der Waals surface area contributed by atoms with Gasteiger partial charge in [0.15, 0.2) is 5.82 Å². The van der Waals surface area contributed by atoms with Crippen molar-refractivity contribution >= 4 is 27.6 Å². The Balaban J connectivity index is 1.73. The fourth-order valence-electron chi connectivity index (χ4n) is 2.49. The number of hydrogen-bond acceptors (Lipinski definition) is 6. The second-order valence-corrected chi connectivity index (χ2v) is 7.18. The molecule has 2 aromatic heterocycles. The third kappa shape index (κ3) is 5.05. The molecule has 2 N–H and O–H groups in total. The molecule has 0 unspecified atom stereocenters. The molecule has 9 nitrogen and oxygen atoms in total. The Labute approximate surface area is 174 Å². The van der Waals surface area contributed by atoms with Crippen molar-refractivity contribution in [2.24, 2.45) is 0 Å². The van der Waals surface area contributed by atoms with Crippen LogP contribution in [0.3, 0.4) is 0 Å². The fraction of sp³-hybridized carbons (Fsp3) is 0.278. The molecule has 29 heavy (non-hydrogen) atoms. The second-order valence-electron chi connectivity index (χ2n) is 6.33. The highest BCUT2D eigenvalue weighted by molar-refractivity contribution is 9.10. The van der Waals surface area contributed by atoms with Gasteiger partial charge in [0.05, 0.1) is 22.3 Å². The lowest BCUT2D eigenvalue weighted by atomic mass is 10.2. The lowest BCUT2D eigenvalue weighted by Gasteiger charge is -2.16. The number of carbonyl (C=O) groups excluding carboxylic acids is 1. The van der Waals surface area contributed by atoms with Crippen molar-refractivity contribution in [2.75, 3.05) is 5.32 Å². The highest BCUT2D eigenvalue weighted by atomic mass is 79.9. The van der Waals surface area contributed by atoms with E-state index in [1.54, 1.807) is 25.4 Å². The quantitative estimate of drug-likeness (QED) is 0.577. The molecule has 11 heteroatoms. The van der Waals surface area contributed by atoms with Crippen LogP contribution in [0.1, 0.15) is 32.6 Å². The van der Waals surface area contributed by atoms with E-state index in [0.717, 1.165) is 0 Å². The Kier molecular flexibility index (Phi) is 6.37. The molecule has 1 aromatic carbocycles. The van der Waals surface area contributed by atoms with Crippen LogP contribution in [0.4, 0.5) is 14.9 Å². The summed E-state index contributed by atoms with van der Waals surface area (Å²) in [4.78, 5) is 24.8. The fourth-order valence-corrected chi connectivity index (χ4v) is 2.90. The molecule has 0 aliphatic heterocycles. The summed E-state index contributed by atoms with van der Waals surface area (Å²) < 4.78 is 21.7. The predicted octanol–water partition coefficient (Wildman–Crippen LogP) is 3.63. The normalized spacial score (nSPS) is 11.9. The van der Waals surface area contributed by atoms with Crippen LogP contribution in [0.5, 0.6) is 5.75 Å². The van der Waals surface area contributed by atoms with Crippen LogP contribution in [0, 0.1) is 5.82 Å². The maximum Gasteiger partial charge on any atom is 0.319 e. The third-order valence-electron chi connectivity index (χ3n) is 3.68. The highest BCUT2D eigenvalue weighted by Crippen LogP contribution is 2.31. The largest absolute Gasteiger partial charge is 0.490 e. The van der Waals surface area contributed by atoms with Gasteiger partial charge >= 0.3 is 6.03 Å². The third-order valence-corrected chi connectivity index (χ3v) is 4.30. The SMILES string of the molecule is CC(C)Oc1cc(NC(=O)N[C@@H](C)c2ncnn2-c2ncccn2)c(F)cc1Br. The maximum atomic E-state index is 14.3. The number of carbonyl (C=O) groups is 1. The summed E-state index contributed by atoms with van der Waals surface area (Å²) in [6.07, 6.45) is 4.38. The molecule has 0 saturated carbocycles. The summed E-state index contributed by atoms with van der Waals surface area (Å²) in [5.74, 6) is 0.567. The van der Waals surface area contributed by atoms with Crippen LogP contribution in [-0.4, -0.2) is 36.9 Å². The molecule has 3 rings (SSSR count). The van der Waals surface area contributed by atoms with E-state index in [0.29, 0.717) is 22.0 Å². The zero-order chi connectivity index (χ0) is 21.0. The first-order chi connectivity index (χ1) is 13.8. The molecule has 0 spiro atoms. The summed E-state index contributed by atoms with van der Waals surface area (Å²) in [5, 5.41) is 9.27. The smallest absolute Gasteiger partial charge is 0.319 e. The Morgan fingerprint density at radius 2 is 1.93 bits per heavy atom. The lowest BCUT2D eigenvalue weighted by Crippen LogP contribution is -2.33. The van der Waals surface area contributed by atoms with Crippen molar-refractivity contribution in [3.05, 3.63) is 53.0 Å². The van der Waals surface area contributed by atoms with Crippen LogP contribution in [0.2, 0.25) is 0 Å². The first kappa shape index (κ1) is 20.6. The van der Waals surface area contributed by atoms with E-state index < -0.39 is 17.9 Å². The van der Waals surface area contributed by atoms with Crippen LogP contribution in [0.25, 0.3) is 5.95 Å². The average molecular weight is 464 g/mol. The number of halogens is 2. The van der Waals surface area contributed by atoms with E-state index in [1.165, 1.54) is 23.1 Å². The Hall–Kier alpha value is -3.08. The van der Waals surface area contributed by atoms with Crippen LogP contribution in [0.15, 0.2) is 41.4 Å². The Bertz CT molecular complexity index is 997. The minimum Gasteiger partial charge on any atom is -0.490 e. The van der Waals surface area contributed by atoms with Gasteiger partial charge in [-0.05, 0) is 48.8 Å². The number of aromatic nitrogens is 5. The number of benzene rings is 1. The Morgan fingerprint density at radius 1 is 1.21 bits per heavy atom. The molecule has 2 amide bonds. The van der Waals surface area contributed by atoms with Crippen molar-refractivity contribution in [2.45, 2.75) is 32.9 Å². The lowest BCUT2D eigenvalue weighted by molar-refractivity contribution is 0.240. The van der Waals surface area contributed by atoms with Gasteiger partial charge in [0.2, 0.25) is 0 Å². The monoisotopic (exact) mass is 463 g/mol. The van der Waals surface area contributed by atoms with Crippen molar-refractivity contribution in [1.29, 1.82) is 0 Å². The molecule has 0 bridgehead atoms. The number of nitrogens with one attached hydrogen (secondary N) is 2. The molecule has 0 radical (unpaired) electrons. The first-order valence-electron chi connectivity index (χ1n) is 8.75. The van der Waals surface area contributed by atoms with E-state index in [2.05, 4.69) is 46.6 Å². The summed E-state index contributed by atoms with van der Waals surface area (Å²) in [7, 11) is 0. The topological polar surface area (TPSA) is 107 Å². The number of anilines is 1. The molecule has 152 valence electrons. The highest BCUT2D eigenvalue weighted by Gasteiger charge is 2.19. The number of rotatable bonds is 6. The minimum absolute atomic E-state index is 0.0126. The van der Waals surface area contributed by atoms with Crippen molar-refractivity contribution in [1.82, 2.24) is 30.0 Å². The zero-order valence-corrected chi connectivity index (χ0v) is 17.5. The van der Waals surface area contributed by atoms with Gasteiger partial charge in [0.25, 0.3) is 5.95 Å². The van der Waals surface area contributed by atoms with Crippen molar-refractivity contribution < 1.29 is 13.9 Å². The maximum absolute atomic E-state index is 14.3. The van der Waals surface area contributed by atoms with Gasteiger partial charge in [-0.2, -0.15) is 9.78 Å². The summed E-state index contributed by atoms with van der Waals surface area (Å²) in [6.45, 7) is 5.42. The van der Waals surface area contributed by atoms with Gasteiger partial charge in [-0.25, -0.2) is 24.1 Å². The molecule has 0 aliphatic rings. The number of amides is 2. The number of urea groups is 1. The van der Waals surface area contributed by atoms with Gasteiger partial charge in [0.1, 0.15) is 17.9 Å². The number of hydrogen-bond donors (Lipinski definition) is 2. The van der Waals surface area contributed by atoms with Gasteiger partial charge in [-0.15, -0.1) is 0 Å². The predicted molar refractivity (Wildman–Crippen MR) is 107 cm³/mol. The van der Waals surface area contributed by atoms with Gasteiger partial charge < -0.3 is 15.4 Å². The molecule has 0 fully saturated rings. The van der Waals surface area contributed by atoms with Gasteiger partial charge in [0, 0.05) is 18.5 Å². The molecule has 3 aromatic rings. The van der Waals surface area contributed by atoms with E-state index in [9.17, 15) is 9.18 Å².